The topological polar surface area (TPSA) is 54.5 Å². The van der Waals surface area contributed by atoms with Crippen LogP contribution in [0.5, 0.6) is 0 Å². The van der Waals surface area contributed by atoms with E-state index < -0.39 is 20.7 Å². The lowest BCUT2D eigenvalue weighted by Gasteiger charge is -2.38. The highest BCUT2D eigenvalue weighted by atomic mass is 35.7. The van der Waals surface area contributed by atoms with Crippen molar-refractivity contribution in [1.82, 2.24) is 4.90 Å². The van der Waals surface area contributed by atoms with Gasteiger partial charge in [-0.25, -0.2) is 17.2 Å². The molecular formula is C15H18ClF2NO3S. The van der Waals surface area contributed by atoms with Crippen molar-refractivity contribution in [2.75, 3.05) is 6.26 Å². The van der Waals surface area contributed by atoms with Crippen molar-refractivity contribution in [2.24, 2.45) is 0 Å². The molecule has 0 spiro atoms. The van der Waals surface area contributed by atoms with Gasteiger partial charge in [-0.05, 0) is 43.4 Å². The molecule has 8 heteroatoms. The number of amides is 1. The summed E-state index contributed by atoms with van der Waals surface area (Å²) in [5, 5.41) is 0. The monoisotopic (exact) mass is 365 g/mol. The Morgan fingerprint density at radius 3 is 2.43 bits per heavy atom. The molecule has 2 heterocycles. The van der Waals surface area contributed by atoms with Gasteiger partial charge >= 0.3 is 0 Å². The minimum absolute atomic E-state index is 0.0751. The zero-order chi connectivity index (χ0) is 17.2. The second kappa shape index (κ2) is 7.13. The molecule has 1 amide bonds. The number of hydrogen-bond donors (Lipinski definition) is 0. The van der Waals surface area contributed by atoms with Gasteiger partial charge < -0.3 is 4.90 Å². The maximum Gasteiger partial charge on any atom is 0.229 e. The van der Waals surface area contributed by atoms with Crippen LogP contribution in [0.2, 0.25) is 0 Å². The molecule has 0 N–H and O–H groups in total. The van der Waals surface area contributed by atoms with Gasteiger partial charge in [0.15, 0.2) is 11.6 Å². The van der Waals surface area contributed by atoms with Crippen LogP contribution >= 0.6 is 10.7 Å². The van der Waals surface area contributed by atoms with Gasteiger partial charge in [0.05, 0.1) is 12.3 Å². The second-order valence-corrected chi connectivity index (χ2v) is 8.84. The van der Waals surface area contributed by atoms with E-state index in [4.69, 9.17) is 0 Å². The van der Waals surface area contributed by atoms with Crippen molar-refractivity contribution >= 4 is 25.6 Å². The first kappa shape index (κ1) is 18.1. The molecule has 0 bridgehead atoms. The highest BCUT2D eigenvalue weighted by Gasteiger charge is 2.39. The van der Waals surface area contributed by atoms with Crippen LogP contribution in [0.4, 0.5) is 8.78 Å². The summed E-state index contributed by atoms with van der Waals surface area (Å²) in [5.74, 6) is -1.52. The van der Waals surface area contributed by atoms with Crippen LogP contribution in [-0.4, -0.2) is 31.5 Å². The molecule has 2 fully saturated rings. The first-order valence-electron chi connectivity index (χ1n) is 7.32. The number of nitrogens with zero attached hydrogens (tertiary/aromatic N) is 1. The molecule has 2 aliphatic heterocycles. The highest BCUT2D eigenvalue weighted by Crippen LogP contribution is 2.40. The Hall–Kier alpha value is -1.21. The Kier molecular flexibility index (Phi) is 5.62. The third-order valence-corrected chi connectivity index (χ3v) is 4.05. The number of rotatable bonds is 1. The number of benzene rings is 1. The molecule has 0 aromatic heterocycles. The largest absolute Gasteiger partial charge is 0.333 e. The minimum atomic E-state index is -3.19. The first-order valence-corrected chi connectivity index (χ1v) is 10.0. The summed E-state index contributed by atoms with van der Waals surface area (Å²) in [6.45, 7) is 0. The van der Waals surface area contributed by atoms with Gasteiger partial charge in [-0.1, -0.05) is 6.07 Å². The molecule has 1 aromatic carbocycles. The van der Waals surface area contributed by atoms with Crippen LogP contribution in [0.25, 0.3) is 0 Å². The summed E-state index contributed by atoms with van der Waals surface area (Å²) in [6.07, 6.45) is 5.33. The standard InChI is InChI=1S/C14H15F2NO.CH3ClO2S/c15-11-6-4-9(8-12(11)16)13-3-1-2-10-5-7-14(18)17(10)13;1-5(2,3)4/h4,6,8,10,13H,1-3,5,7H2;1H3. The Balaban J connectivity index is 0.000000338. The van der Waals surface area contributed by atoms with Gasteiger partial charge in [0, 0.05) is 23.1 Å². The lowest BCUT2D eigenvalue weighted by Crippen LogP contribution is -2.39. The summed E-state index contributed by atoms with van der Waals surface area (Å²) in [5.41, 5.74) is 0.717. The van der Waals surface area contributed by atoms with E-state index in [-0.39, 0.29) is 11.9 Å². The van der Waals surface area contributed by atoms with Crippen LogP contribution in [-0.2, 0) is 13.8 Å². The molecule has 23 heavy (non-hydrogen) atoms. The van der Waals surface area contributed by atoms with E-state index in [0.717, 1.165) is 38.0 Å². The average Bonchev–Trinajstić information content (AvgIpc) is 2.82. The molecule has 2 atom stereocenters. The first-order chi connectivity index (χ1) is 10.7. The van der Waals surface area contributed by atoms with E-state index in [9.17, 15) is 22.0 Å². The molecule has 2 saturated heterocycles. The molecule has 0 radical (unpaired) electrons. The number of carbonyl (C=O) groups excluding carboxylic acids is 1. The number of carbonyl (C=O) groups is 1. The molecule has 0 saturated carbocycles. The van der Waals surface area contributed by atoms with E-state index in [0.29, 0.717) is 18.0 Å². The molecule has 4 nitrogen and oxygen atoms in total. The fraction of sp³-hybridized carbons (Fsp3) is 0.533. The molecule has 2 aliphatic rings. The van der Waals surface area contributed by atoms with Gasteiger partial charge in [0.2, 0.25) is 15.0 Å². The fourth-order valence-corrected chi connectivity index (χ4v) is 3.21. The number of halogens is 3. The maximum absolute atomic E-state index is 13.3. The normalized spacial score (nSPS) is 24.0. The Morgan fingerprint density at radius 2 is 1.83 bits per heavy atom. The smallest absolute Gasteiger partial charge is 0.229 e. The Bertz CT molecular complexity index is 688. The molecule has 128 valence electrons. The minimum Gasteiger partial charge on any atom is -0.333 e. The van der Waals surface area contributed by atoms with Crippen molar-refractivity contribution in [2.45, 2.75) is 44.2 Å². The van der Waals surface area contributed by atoms with Crippen LogP contribution in [0.1, 0.15) is 43.7 Å². The van der Waals surface area contributed by atoms with Crippen LogP contribution < -0.4 is 0 Å². The van der Waals surface area contributed by atoms with Gasteiger partial charge in [-0.2, -0.15) is 0 Å². The van der Waals surface area contributed by atoms with Gasteiger partial charge in [0.25, 0.3) is 0 Å². The van der Waals surface area contributed by atoms with Crippen molar-refractivity contribution in [3.8, 4) is 0 Å². The predicted molar refractivity (Wildman–Crippen MR) is 83.5 cm³/mol. The number of piperidine rings is 1. The quantitative estimate of drug-likeness (QED) is 0.717. The fourth-order valence-electron chi connectivity index (χ4n) is 3.21. The second-order valence-electron chi connectivity index (χ2n) is 5.80. The zero-order valence-corrected chi connectivity index (χ0v) is 14.2. The van der Waals surface area contributed by atoms with Crippen molar-refractivity contribution in [1.29, 1.82) is 0 Å². The Morgan fingerprint density at radius 1 is 1.17 bits per heavy atom. The lowest BCUT2D eigenvalue weighted by molar-refractivity contribution is -0.132. The lowest BCUT2D eigenvalue weighted by atomic mass is 9.92. The highest BCUT2D eigenvalue weighted by molar-refractivity contribution is 8.13. The summed E-state index contributed by atoms with van der Waals surface area (Å²) in [7, 11) is 1.31. The van der Waals surface area contributed by atoms with Crippen LogP contribution in [0.15, 0.2) is 18.2 Å². The summed E-state index contributed by atoms with van der Waals surface area (Å²) in [6, 6.07) is 4.19. The van der Waals surface area contributed by atoms with E-state index in [1.165, 1.54) is 6.07 Å². The van der Waals surface area contributed by atoms with E-state index >= 15 is 0 Å². The van der Waals surface area contributed by atoms with Crippen molar-refractivity contribution < 1.29 is 22.0 Å². The van der Waals surface area contributed by atoms with E-state index in [1.807, 2.05) is 4.90 Å². The molecule has 2 unspecified atom stereocenters. The molecule has 0 aliphatic carbocycles. The van der Waals surface area contributed by atoms with Crippen LogP contribution in [0, 0.1) is 11.6 Å². The van der Waals surface area contributed by atoms with E-state index in [2.05, 4.69) is 10.7 Å². The van der Waals surface area contributed by atoms with Gasteiger partial charge in [-0.15, -0.1) is 0 Å². The van der Waals surface area contributed by atoms with Gasteiger partial charge in [-0.3, -0.25) is 4.79 Å². The third-order valence-electron chi connectivity index (χ3n) is 4.05. The predicted octanol–water partition coefficient (Wildman–Crippen LogP) is 3.37. The Labute approximate surface area is 138 Å². The molecule has 3 rings (SSSR count). The summed E-state index contributed by atoms with van der Waals surface area (Å²) in [4.78, 5) is 13.8. The maximum atomic E-state index is 13.3. The average molecular weight is 366 g/mol. The summed E-state index contributed by atoms with van der Waals surface area (Å²) < 4.78 is 45.0. The SMILES string of the molecule is CS(=O)(=O)Cl.O=C1CCC2CCCC(c3ccc(F)c(F)c3)N12. The summed E-state index contributed by atoms with van der Waals surface area (Å²) >= 11 is 0. The van der Waals surface area contributed by atoms with Crippen LogP contribution in [0.3, 0.4) is 0 Å². The third kappa shape index (κ3) is 4.88. The molecule has 1 aromatic rings. The van der Waals surface area contributed by atoms with Crippen molar-refractivity contribution in [3.63, 3.8) is 0 Å². The number of hydrogen-bond acceptors (Lipinski definition) is 3. The van der Waals surface area contributed by atoms with Crippen molar-refractivity contribution in [3.05, 3.63) is 35.4 Å². The van der Waals surface area contributed by atoms with E-state index in [1.54, 1.807) is 6.07 Å². The zero-order valence-electron chi connectivity index (χ0n) is 12.6. The van der Waals surface area contributed by atoms with Gasteiger partial charge in [0.1, 0.15) is 0 Å². The number of fused-ring (bicyclic) bond motifs is 1. The molecular weight excluding hydrogens is 348 g/mol.